The number of H-pyrrole nitrogens is 1. The third-order valence-corrected chi connectivity index (χ3v) is 5.14. The summed E-state index contributed by atoms with van der Waals surface area (Å²) >= 11 is 0. The van der Waals surface area contributed by atoms with Crippen molar-refractivity contribution in [2.24, 2.45) is 0 Å². The molecule has 3 aromatic carbocycles. The van der Waals surface area contributed by atoms with Gasteiger partial charge in [-0.3, -0.25) is 9.59 Å². The smallest absolute Gasteiger partial charge is 0.258 e. The minimum Gasteiger partial charge on any atom is -0.497 e. The van der Waals surface area contributed by atoms with Gasteiger partial charge in [0.15, 0.2) is 0 Å². The Kier molecular flexibility index (Phi) is 5.35. The molecule has 0 aliphatic heterocycles. The van der Waals surface area contributed by atoms with Crippen LogP contribution in [-0.2, 0) is 6.54 Å². The van der Waals surface area contributed by atoms with Crippen LogP contribution in [0.2, 0.25) is 0 Å². The molecule has 0 spiro atoms. The first-order chi connectivity index (χ1) is 14.6. The zero-order chi connectivity index (χ0) is 21.1. The molecule has 0 saturated carbocycles. The molecule has 4 aromatic rings. The van der Waals surface area contributed by atoms with E-state index in [1.54, 1.807) is 36.3 Å². The molecule has 150 valence electrons. The Morgan fingerprint density at radius 1 is 0.967 bits per heavy atom. The van der Waals surface area contributed by atoms with E-state index in [0.29, 0.717) is 22.6 Å². The second kappa shape index (κ2) is 8.25. The normalized spacial score (nSPS) is 10.7. The molecule has 5 heteroatoms. The summed E-state index contributed by atoms with van der Waals surface area (Å²) in [6, 6.07) is 24.0. The minimum absolute atomic E-state index is 0.152. The number of aromatic amines is 1. The van der Waals surface area contributed by atoms with E-state index in [1.807, 2.05) is 61.5 Å². The lowest BCUT2D eigenvalue weighted by Gasteiger charge is -2.23. The lowest BCUT2D eigenvalue weighted by molar-refractivity contribution is 0.0985. The molecule has 30 heavy (non-hydrogen) atoms. The first-order valence-electron chi connectivity index (χ1n) is 9.69. The summed E-state index contributed by atoms with van der Waals surface area (Å²) in [6.45, 7) is 2.11. The molecule has 1 heterocycles. The Bertz CT molecular complexity index is 1250. The molecule has 0 unspecified atom stereocenters. The number of para-hydroxylation sites is 1. The number of anilines is 1. The predicted octanol–water partition coefficient (Wildman–Crippen LogP) is 4.69. The van der Waals surface area contributed by atoms with Crippen molar-refractivity contribution in [2.75, 3.05) is 12.0 Å². The summed E-state index contributed by atoms with van der Waals surface area (Å²) in [7, 11) is 1.60. The van der Waals surface area contributed by atoms with Crippen molar-refractivity contribution in [3.8, 4) is 5.75 Å². The largest absolute Gasteiger partial charge is 0.497 e. The van der Waals surface area contributed by atoms with Gasteiger partial charge in [-0.15, -0.1) is 0 Å². The van der Waals surface area contributed by atoms with Crippen molar-refractivity contribution < 1.29 is 9.53 Å². The second-order valence-electron chi connectivity index (χ2n) is 7.12. The summed E-state index contributed by atoms with van der Waals surface area (Å²) in [5, 5.41) is 0.937. The molecule has 0 fully saturated rings. The molecule has 0 bridgehead atoms. The monoisotopic (exact) mass is 398 g/mol. The van der Waals surface area contributed by atoms with E-state index in [9.17, 15) is 9.59 Å². The number of ether oxygens (including phenoxy) is 1. The van der Waals surface area contributed by atoms with Gasteiger partial charge in [-0.2, -0.15) is 0 Å². The Hall–Kier alpha value is -3.86. The van der Waals surface area contributed by atoms with Gasteiger partial charge in [-0.25, -0.2) is 0 Å². The molecule has 0 radical (unpaired) electrons. The Labute approximate surface area is 174 Å². The van der Waals surface area contributed by atoms with Crippen LogP contribution in [0.3, 0.4) is 0 Å². The molecule has 0 saturated heterocycles. The molecule has 1 amide bonds. The average Bonchev–Trinajstić information content (AvgIpc) is 2.78. The number of carbonyl (C=O) groups is 1. The van der Waals surface area contributed by atoms with Crippen molar-refractivity contribution in [1.29, 1.82) is 0 Å². The maximum absolute atomic E-state index is 13.3. The molecule has 4 rings (SSSR count). The molecule has 0 aliphatic rings. The van der Waals surface area contributed by atoms with Gasteiger partial charge < -0.3 is 14.6 Å². The van der Waals surface area contributed by atoms with Crippen molar-refractivity contribution in [3.63, 3.8) is 0 Å². The summed E-state index contributed by atoms with van der Waals surface area (Å²) in [4.78, 5) is 30.7. The van der Waals surface area contributed by atoms with Crippen molar-refractivity contribution in [1.82, 2.24) is 4.98 Å². The van der Waals surface area contributed by atoms with Crippen LogP contribution >= 0.6 is 0 Å². The van der Waals surface area contributed by atoms with E-state index in [0.717, 1.165) is 16.5 Å². The zero-order valence-corrected chi connectivity index (χ0v) is 16.9. The number of nitrogens with zero attached hydrogens (tertiary/aromatic N) is 1. The van der Waals surface area contributed by atoms with Gasteiger partial charge in [-0.05, 0) is 60.3 Å². The van der Waals surface area contributed by atoms with E-state index < -0.39 is 0 Å². The van der Waals surface area contributed by atoms with E-state index in [2.05, 4.69) is 4.98 Å². The quantitative estimate of drug-likeness (QED) is 0.530. The lowest BCUT2D eigenvalue weighted by atomic mass is 10.1. The number of rotatable bonds is 5. The van der Waals surface area contributed by atoms with E-state index in [4.69, 9.17) is 4.74 Å². The molecule has 0 aliphatic carbocycles. The first-order valence-corrected chi connectivity index (χ1v) is 9.69. The van der Waals surface area contributed by atoms with Crippen LogP contribution in [0.15, 0.2) is 83.7 Å². The fourth-order valence-corrected chi connectivity index (χ4v) is 3.50. The highest BCUT2D eigenvalue weighted by atomic mass is 16.5. The van der Waals surface area contributed by atoms with Crippen molar-refractivity contribution in [2.45, 2.75) is 13.5 Å². The van der Waals surface area contributed by atoms with E-state index >= 15 is 0 Å². The Morgan fingerprint density at radius 3 is 2.40 bits per heavy atom. The number of aromatic nitrogens is 1. The summed E-state index contributed by atoms with van der Waals surface area (Å²) in [5.74, 6) is 0.523. The molecule has 5 nitrogen and oxygen atoms in total. The number of nitrogens with one attached hydrogen (secondary N) is 1. The van der Waals surface area contributed by atoms with Crippen LogP contribution in [0.1, 0.15) is 21.5 Å². The highest BCUT2D eigenvalue weighted by Gasteiger charge is 2.20. The maximum atomic E-state index is 13.3. The lowest BCUT2D eigenvalue weighted by Crippen LogP contribution is -2.32. The van der Waals surface area contributed by atoms with Crippen molar-refractivity contribution >= 4 is 22.5 Å². The van der Waals surface area contributed by atoms with Crippen LogP contribution in [0, 0.1) is 6.92 Å². The Balaban J connectivity index is 1.78. The van der Waals surface area contributed by atoms with Gasteiger partial charge in [0.2, 0.25) is 0 Å². The number of methoxy groups -OCH3 is 1. The number of pyridine rings is 1. The number of amides is 1. The SMILES string of the molecule is COc1ccc(N(Cc2cc3cccc(C)c3[nH]c2=O)C(=O)c2ccccc2)cc1. The fraction of sp³-hybridized carbons (Fsp3) is 0.120. The van der Waals surface area contributed by atoms with Crippen LogP contribution in [0.25, 0.3) is 10.9 Å². The molecular formula is C25H22N2O3. The third kappa shape index (κ3) is 3.82. The van der Waals surface area contributed by atoms with Gasteiger partial charge in [-0.1, -0.05) is 36.4 Å². The maximum Gasteiger partial charge on any atom is 0.258 e. The van der Waals surface area contributed by atoms with Crippen LogP contribution < -0.4 is 15.2 Å². The standard InChI is InChI=1S/C25H22N2O3/c1-17-7-6-10-19-15-20(24(28)26-23(17)19)16-27(21-11-13-22(30-2)14-12-21)25(29)18-8-4-3-5-9-18/h3-15H,16H2,1-2H3,(H,26,28). The summed E-state index contributed by atoms with van der Waals surface area (Å²) in [5.41, 5.74) is 3.39. The fourth-order valence-electron chi connectivity index (χ4n) is 3.50. The topological polar surface area (TPSA) is 62.4 Å². The number of hydrogen-bond acceptors (Lipinski definition) is 3. The predicted molar refractivity (Wildman–Crippen MR) is 119 cm³/mol. The zero-order valence-electron chi connectivity index (χ0n) is 16.9. The number of aryl methyl sites for hydroxylation is 1. The van der Waals surface area contributed by atoms with Gasteiger partial charge in [0.1, 0.15) is 5.75 Å². The van der Waals surface area contributed by atoms with Crippen LogP contribution in [0.5, 0.6) is 5.75 Å². The van der Waals surface area contributed by atoms with Gasteiger partial charge >= 0.3 is 0 Å². The molecular weight excluding hydrogens is 376 g/mol. The first kappa shape index (κ1) is 19.5. The molecule has 1 aromatic heterocycles. The third-order valence-electron chi connectivity index (χ3n) is 5.14. The number of hydrogen-bond donors (Lipinski definition) is 1. The number of fused-ring (bicyclic) bond motifs is 1. The minimum atomic E-state index is -0.198. The van der Waals surface area contributed by atoms with Gasteiger partial charge in [0.25, 0.3) is 11.5 Å². The summed E-state index contributed by atoms with van der Waals surface area (Å²) in [6.07, 6.45) is 0. The number of carbonyl (C=O) groups excluding carboxylic acids is 1. The van der Waals surface area contributed by atoms with E-state index in [-0.39, 0.29) is 18.0 Å². The molecule has 0 atom stereocenters. The molecule has 1 N–H and O–H groups in total. The second-order valence-corrected chi connectivity index (χ2v) is 7.12. The number of benzene rings is 3. The van der Waals surface area contributed by atoms with Gasteiger partial charge in [0.05, 0.1) is 19.2 Å². The van der Waals surface area contributed by atoms with Crippen LogP contribution in [0.4, 0.5) is 5.69 Å². The van der Waals surface area contributed by atoms with Gasteiger partial charge in [0, 0.05) is 16.8 Å². The summed E-state index contributed by atoms with van der Waals surface area (Å²) < 4.78 is 5.23. The Morgan fingerprint density at radius 2 is 1.70 bits per heavy atom. The highest BCUT2D eigenvalue weighted by Crippen LogP contribution is 2.24. The highest BCUT2D eigenvalue weighted by molar-refractivity contribution is 6.06. The van der Waals surface area contributed by atoms with Crippen LogP contribution in [-0.4, -0.2) is 18.0 Å². The van der Waals surface area contributed by atoms with Crippen molar-refractivity contribution in [3.05, 3.63) is 106 Å². The average molecular weight is 398 g/mol. The van der Waals surface area contributed by atoms with E-state index in [1.165, 1.54) is 0 Å².